The molecule has 0 saturated carbocycles. The number of carbonyl (C=O) groups excluding carboxylic acids is 3. The highest BCUT2D eigenvalue weighted by atomic mass is 79.9. The minimum atomic E-state index is -2.02. The molecule has 0 bridgehead atoms. The third-order valence-corrected chi connectivity index (χ3v) is 5.57. The lowest BCUT2D eigenvalue weighted by atomic mass is 10.0. The van der Waals surface area contributed by atoms with Gasteiger partial charge in [0, 0.05) is 29.1 Å². The van der Waals surface area contributed by atoms with E-state index in [2.05, 4.69) is 21.0 Å². The molecule has 2 aliphatic heterocycles. The average molecular weight is 517 g/mol. The molecule has 12 heteroatoms. The smallest absolute Gasteiger partial charge is 0.326 e. The number of halogens is 1. The van der Waals surface area contributed by atoms with Crippen LogP contribution in [0, 0.1) is 10.1 Å². The Hall–Kier alpha value is -3.80. The number of nitro groups is 1. The van der Waals surface area contributed by atoms with Crippen molar-refractivity contribution in [3.8, 4) is 0 Å². The van der Waals surface area contributed by atoms with Crippen molar-refractivity contribution in [3.05, 3.63) is 68.2 Å². The molecule has 0 aliphatic carbocycles. The fourth-order valence-corrected chi connectivity index (χ4v) is 4.11. The van der Waals surface area contributed by atoms with E-state index in [0.29, 0.717) is 10.2 Å². The van der Waals surface area contributed by atoms with Gasteiger partial charge in [-0.2, -0.15) is 5.01 Å². The van der Waals surface area contributed by atoms with Gasteiger partial charge in [-0.05, 0) is 31.2 Å². The van der Waals surface area contributed by atoms with Crippen LogP contribution in [0.3, 0.4) is 0 Å². The van der Waals surface area contributed by atoms with Gasteiger partial charge in [-0.1, -0.05) is 22.0 Å². The predicted octanol–water partition coefficient (Wildman–Crippen LogP) is 2.66. The van der Waals surface area contributed by atoms with Crippen molar-refractivity contribution >= 4 is 51.0 Å². The third kappa shape index (κ3) is 3.61. The summed E-state index contributed by atoms with van der Waals surface area (Å²) in [5.41, 5.74) is -1.39. The third-order valence-electron chi connectivity index (χ3n) is 5.08. The first kappa shape index (κ1) is 22.4. The number of hydrazone groups is 1. The van der Waals surface area contributed by atoms with Crippen LogP contribution in [-0.4, -0.2) is 46.8 Å². The highest BCUT2D eigenvalue weighted by Gasteiger charge is 2.63. The SMILES string of the molecule is CCOC(=O)CN1C(=O)C2(OC(c3cccc([N+](=O)[O-])c3)=NN2C(C)=O)c2cc(Br)ccc21. The molecule has 0 saturated heterocycles. The molecule has 170 valence electrons. The van der Waals surface area contributed by atoms with Gasteiger partial charge >= 0.3 is 17.6 Å². The minimum absolute atomic E-state index is 0.134. The van der Waals surface area contributed by atoms with E-state index in [1.54, 1.807) is 25.1 Å². The molecule has 0 radical (unpaired) electrons. The highest BCUT2D eigenvalue weighted by molar-refractivity contribution is 9.10. The van der Waals surface area contributed by atoms with Gasteiger partial charge in [0.2, 0.25) is 11.8 Å². The van der Waals surface area contributed by atoms with Crippen LogP contribution in [0.1, 0.15) is 25.0 Å². The van der Waals surface area contributed by atoms with Crippen molar-refractivity contribution in [1.29, 1.82) is 0 Å². The number of benzene rings is 2. The lowest BCUT2D eigenvalue weighted by molar-refractivity contribution is -0.384. The van der Waals surface area contributed by atoms with E-state index in [4.69, 9.17) is 9.47 Å². The molecule has 0 aromatic heterocycles. The number of carbonyl (C=O) groups is 3. The summed E-state index contributed by atoms with van der Waals surface area (Å²) in [5, 5.41) is 16.3. The van der Waals surface area contributed by atoms with Crippen LogP contribution in [0.25, 0.3) is 0 Å². The number of nitro benzene ring substituents is 1. The molecule has 2 aliphatic rings. The molecule has 2 aromatic rings. The Labute approximate surface area is 195 Å². The Morgan fingerprint density at radius 3 is 2.70 bits per heavy atom. The molecule has 0 fully saturated rings. The Morgan fingerprint density at radius 2 is 2.03 bits per heavy atom. The molecule has 11 nitrogen and oxygen atoms in total. The molecule has 1 atom stereocenters. The molecule has 1 unspecified atom stereocenters. The van der Waals surface area contributed by atoms with Crippen molar-refractivity contribution in [3.63, 3.8) is 0 Å². The number of hydrogen-bond acceptors (Lipinski definition) is 8. The highest BCUT2D eigenvalue weighted by Crippen LogP contribution is 2.49. The fourth-order valence-electron chi connectivity index (χ4n) is 3.74. The quantitative estimate of drug-likeness (QED) is 0.339. The Bertz CT molecular complexity index is 1230. The Balaban J connectivity index is 1.84. The number of amides is 2. The number of ether oxygens (including phenoxy) is 2. The maximum absolute atomic E-state index is 13.7. The van der Waals surface area contributed by atoms with Gasteiger partial charge in [0.25, 0.3) is 5.69 Å². The van der Waals surface area contributed by atoms with Crippen LogP contribution in [0.2, 0.25) is 0 Å². The molecule has 2 amide bonds. The van der Waals surface area contributed by atoms with Crippen LogP contribution in [0.15, 0.2) is 52.0 Å². The van der Waals surface area contributed by atoms with Crippen molar-refractivity contribution in [2.45, 2.75) is 19.6 Å². The average Bonchev–Trinajstić information content (AvgIpc) is 3.28. The number of nitrogens with zero attached hydrogens (tertiary/aromatic N) is 4. The lowest BCUT2D eigenvalue weighted by Crippen LogP contribution is -2.52. The lowest BCUT2D eigenvalue weighted by Gasteiger charge is -2.29. The minimum Gasteiger partial charge on any atom is -0.465 e. The van der Waals surface area contributed by atoms with E-state index in [0.717, 1.165) is 5.01 Å². The largest absolute Gasteiger partial charge is 0.465 e. The summed E-state index contributed by atoms with van der Waals surface area (Å²) in [5.74, 6) is -2.11. The molecule has 0 N–H and O–H groups in total. The first-order valence-electron chi connectivity index (χ1n) is 9.80. The molecule has 1 spiro atoms. The number of rotatable bonds is 5. The van der Waals surface area contributed by atoms with E-state index in [1.165, 1.54) is 36.1 Å². The first-order valence-corrected chi connectivity index (χ1v) is 10.6. The summed E-state index contributed by atoms with van der Waals surface area (Å²) < 4.78 is 11.6. The van der Waals surface area contributed by atoms with Gasteiger partial charge in [0.1, 0.15) is 6.54 Å². The topological polar surface area (TPSA) is 132 Å². The van der Waals surface area contributed by atoms with E-state index >= 15 is 0 Å². The van der Waals surface area contributed by atoms with Crippen molar-refractivity contribution in [2.75, 3.05) is 18.1 Å². The van der Waals surface area contributed by atoms with E-state index in [1.807, 2.05) is 0 Å². The van der Waals surface area contributed by atoms with E-state index in [9.17, 15) is 24.5 Å². The van der Waals surface area contributed by atoms with Crippen LogP contribution in [0.4, 0.5) is 11.4 Å². The number of fused-ring (bicyclic) bond motifs is 2. The van der Waals surface area contributed by atoms with Gasteiger partial charge in [0.05, 0.1) is 22.8 Å². The molecular formula is C21H17BrN4O7. The molecule has 2 aromatic carbocycles. The predicted molar refractivity (Wildman–Crippen MR) is 118 cm³/mol. The monoisotopic (exact) mass is 516 g/mol. The number of anilines is 1. The summed E-state index contributed by atoms with van der Waals surface area (Å²) >= 11 is 3.36. The van der Waals surface area contributed by atoms with E-state index < -0.39 is 35.0 Å². The maximum atomic E-state index is 13.7. The molecule has 2 heterocycles. The van der Waals surface area contributed by atoms with Crippen molar-refractivity contribution in [1.82, 2.24) is 5.01 Å². The van der Waals surface area contributed by atoms with Crippen molar-refractivity contribution < 1.29 is 28.8 Å². The van der Waals surface area contributed by atoms with Crippen molar-refractivity contribution in [2.24, 2.45) is 5.10 Å². The summed E-state index contributed by atoms with van der Waals surface area (Å²) in [6.45, 7) is 2.59. The number of esters is 1. The van der Waals surface area contributed by atoms with E-state index in [-0.39, 0.29) is 29.3 Å². The number of non-ortho nitro benzene ring substituents is 1. The second-order valence-corrected chi connectivity index (χ2v) is 8.06. The Kier molecular flexibility index (Phi) is 5.62. The zero-order valence-electron chi connectivity index (χ0n) is 17.5. The summed E-state index contributed by atoms with van der Waals surface area (Å²) in [6.07, 6.45) is 0. The zero-order chi connectivity index (χ0) is 23.9. The number of hydrogen-bond donors (Lipinski definition) is 0. The summed E-state index contributed by atoms with van der Waals surface area (Å²) in [7, 11) is 0. The van der Waals surface area contributed by atoms with Crippen LogP contribution >= 0.6 is 15.9 Å². The molecule has 33 heavy (non-hydrogen) atoms. The molecular weight excluding hydrogens is 500 g/mol. The second kappa shape index (κ2) is 8.28. The fraction of sp³-hybridized carbons (Fsp3) is 0.238. The van der Waals surface area contributed by atoms with Gasteiger partial charge in [0.15, 0.2) is 0 Å². The molecule has 4 rings (SSSR count). The first-order chi connectivity index (χ1) is 15.7. The van der Waals surface area contributed by atoms with Gasteiger partial charge in [-0.15, -0.1) is 5.10 Å². The maximum Gasteiger partial charge on any atom is 0.326 e. The van der Waals surface area contributed by atoms with Crippen LogP contribution in [-0.2, 0) is 29.6 Å². The normalized spacial score (nSPS) is 18.8. The second-order valence-electron chi connectivity index (χ2n) is 7.15. The standard InChI is InChI=1S/C21H17BrN4O7/c1-3-32-18(28)11-24-17-8-7-14(22)10-16(17)21(20(24)29)25(12(2)27)23-19(33-21)13-5-4-6-15(9-13)26(30)31/h4-10H,3,11H2,1-2H3. The van der Waals surface area contributed by atoms with Crippen LogP contribution < -0.4 is 4.90 Å². The summed E-state index contributed by atoms with van der Waals surface area (Å²) in [6, 6.07) is 10.4. The van der Waals surface area contributed by atoms with Crippen LogP contribution in [0.5, 0.6) is 0 Å². The zero-order valence-corrected chi connectivity index (χ0v) is 19.1. The summed E-state index contributed by atoms with van der Waals surface area (Å²) in [4.78, 5) is 50.3. The van der Waals surface area contributed by atoms with Gasteiger partial charge < -0.3 is 9.47 Å². The Morgan fingerprint density at radius 1 is 1.27 bits per heavy atom. The van der Waals surface area contributed by atoms with Gasteiger partial charge in [-0.3, -0.25) is 29.4 Å². The van der Waals surface area contributed by atoms with Gasteiger partial charge in [-0.25, -0.2) is 0 Å².